The molecule has 48 heavy (non-hydrogen) atoms. The van der Waals surface area contributed by atoms with Crippen molar-refractivity contribution in [1.82, 2.24) is 0 Å². The molecule has 1 aliphatic rings. The first-order valence-corrected chi connectivity index (χ1v) is 18.5. The lowest BCUT2D eigenvalue weighted by molar-refractivity contribution is -0.169. The smallest absolute Gasteiger partial charge is 0.157 e. The third-order valence-electron chi connectivity index (χ3n) is 7.03. The zero-order valence-electron chi connectivity index (χ0n) is 30.2. The van der Waals surface area contributed by atoms with Crippen LogP contribution in [0.2, 0.25) is 0 Å². The first-order valence-electron chi connectivity index (χ1n) is 18.5. The van der Waals surface area contributed by atoms with Crippen molar-refractivity contribution < 1.29 is 61.6 Å². The van der Waals surface area contributed by atoms with Gasteiger partial charge in [-0.2, -0.15) is 0 Å². The van der Waals surface area contributed by atoms with Gasteiger partial charge in [-0.3, -0.25) is 0 Å². The molecule has 0 aromatic rings. The van der Waals surface area contributed by atoms with Crippen molar-refractivity contribution in [3.63, 3.8) is 0 Å². The lowest BCUT2D eigenvalue weighted by atomic mass is 10.1. The second-order valence-corrected chi connectivity index (χ2v) is 11.2. The summed E-state index contributed by atoms with van der Waals surface area (Å²) in [4.78, 5) is 0. The molecule has 0 N–H and O–H groups in total. The van der Waals surface area contributed by atoms with E-state index >= 15 is 0 Å². The molecule has 0 spiro atoms. The van der Waals surface area contributed by atoms with Crippen molar-refractivity contribution in [2.45, 2.75) is 71.0 Å². The molecule has 1 saturated heterocycles. The highest BCUT2D eigenvalue weighted by Gasteiger charge is 2.13. The highest BCUT2D eigenvalue weighted by molar-refractivity contribution is 4.53. The number of rotatable bonds is 41. The standard InChI is InChI=1S/C35H70O13/c1-2-3-4-5-6-8-11-36-13-14-37-15-16-38-17-18-39-19-20-40-21-22-41-23-24-42-25-26-43-27-28-44-29-30-45-31-32-46-33-34-48-35-10-7-9-12-47-35/h35H,2-34H2,1H3. The zero-order chi connectivity index (χ0) is 34.1. The molecule has 1 rings (SSSR count). The fourth-order valence-corrected chi connectivity index (χ4v) is 4.37. The summed E-state index contributed by atoms with van der Waals surface area (Å²) in [6, 6.07) is 0. The number of ether oxygens (including phenoxy) is 13. The van der Waals surface area contributed by atoms with E-state index in [4.69, 9.17) is 61.6 Å². The van der Waals surface area contributed by atoms with E-state index < -0.39 is 0 Å². The van der Waals surface area contributed by atoms with E-state index in [0.717, 1.165) is 32.5 Å². The molecule has 0 aromatic heterocycles. The van der Waals surface area contributed by atoms with Gasteiger partial charge in [0.2, 0.25) is 0 Å². The van der Waals surface area contributed by atoms with Gasteiger partial charge in [-0.05, 0) is 25.7 Å². The lowest BCUT2D eigenvalue weighted by Crippen LogP contribution is -2.24. The van der Waals surface area contributed by atoms with Crippen LogP contribution in [0.5, 0.6) is 0 Å². The molecule has 0 amide bonds. The Hall–Kier alpha value is -0.520. The van der Waals surface area contributed by atoms with E-state index in [-0.39, 0.29) is 6.29 Å². The maximum Gasteiger partial charge on any atom is 0.157 e. The molecule has 288 valence electrons. The van der Waals surface area contributed by atoms with Crippen LogP contribution in [-0.4, -0.2) is 165 Å². The summed E-state index contributed by atoms with van der Waals surface area (Å²) >= 11 is 0. The van der Waals surface area contributed by atoms with Crippen LogP contribution in [0.15, 0.2) is 0 Å². The Morgan fingerprint density at radius 1 is 0.354 bits per heavy atom. The predicted octanol–water partition coefficient (Wildman–Crippen LogP) is 4.07. The fourth-order valence-electron chi connectivity index (χ4n) is 4.37. The van der Waals surface area contributed by atoms with Crippen molar-refractivity contribution in [2.24, 2.45) is 0 Å². The van der Waals surface area contributed by atoms with Crippen LogP contribution in [0.25, 0.3) is 0 Å². The Kier molecular flexibility index (Phi) is 38.8. The van der Waals surface area contributed by atoms with Crippen LogP contribution in [0.3, 0.4) is 0 Å². The van der Waals surface area contributed by atoms with Gasteiger partial charge in [-0.15, -0.1) is 0 Å². The van der Waals surface area contributed by atoms with Gasteiger partial charge < -0.3 is 61.6 Å². The highest BCUT2D eigenvalue weighted by Crippen LogP contribution is 2.13. The Labute approximate surface area is 291 Å². The summed E-state index contributed by atoms with van der Waals surface area (Å²) in [6.45, 7) is 15.8. The first kappa shape index (κ1) is 45.5. The largest absolute Gasteiger partial charge is 0.379 e. The Morgan fingerprint density at radius 3 is 1.00 bits per heavy atom. The van der Waals surface area contributed by atoms with Crippen molar-refractivity contribution in [3.8, 4) is 0 Å². The minimum Gasteiger partial charge on any atom is -0.379 e. The Balaban J connectivity index is 1.59. The van der Waals surface area contributed by atoms with Crippen molar-refractivity contribution in [1.29, 1.82) is 0 Å². The third kappa shape index (κ3) is 36.8. The van der Waals surface area contributed by atoms with Gasteiger partial charge in [0.05, 0.1) is 145 Å². The normalized spacial score (nSPS) is 15.1. The molecule has 1 atom stereocenters. The van der Waals surface area contributed by atoms with E-state index in [1.807, 2.05) is 0 Å². The molecular weight excluding hydrogens is 628 g/mol. The molecule has 0 aliphatic carbocycles. The van der Waals surface area contributed by atoms with Gasteiger partial charge in [-0.1, -0.05) is 39.0 Å². The third-order valence-corrected chi connectivity index (χ3v) is 7.03. The van der Waals surface area contributed by atoms with Crippen LogP contribution in [0, 0.1) is 0 Å². The number of hydrogen-bond acceptors (Lipinski definition) is 13. The topological polar surface area (TPSA) is 120 Å². The Morgan fingerprint density at radius 2 is 0.667 bits per heavy atom. The van der Waals surface area contributed by atoms with E-state index in [0.29, 0.717) is 145 Å². The maximum absolute atomic E-state index is 5.61. The van der Waals surface area contributed by atoms with Crippen LogP contribution >= 0.6 is 0 Å². The van der Waals surface area contributed by atoms with Gasteiger partial charge >= 0.3 is 0 Å². The Bertz CT molecular complexity index is 585. The quantitative estimate of drug-likeness (QED) is 0.0855. The zero-order valence-corrected chi connectivity index (χ0v) is 30.2. The average molecular weight is 699 g/mol. The minimum absolute atomic E-state index is 0.0640. The summed E-state index contributed by atoms with van der Waals surface area (Å²) in [6.07, 6.45) is 10.9. The van der Waals surface area contributed by atoms with Gasteiger partial charge in [-0.25, -0.2) is 0 Å². The molecular formula is C35H70O13. The van der Waals surface area contributed by atoms with Crippen LogP contribution in [0.4, 0.5) is 0 Å². The van der Waals surface area contributed by atoms with Crippen molar-refractivity contribution in [2.75, 3.05) is 159 Å². The molecule has 1 fully saturated rings. The van der Waals surface area contributed by atoms with Crippen LogP contribution < -0.4 is 0 Å². The summed E-state index contributed by atoms with van der Waals surface area (Å²) in [7, 11) is 0. The van der Waals surface area contributed by atoms with E-state index in [1.165, 1.54) is 38.5 Å². The van der Waals surface area contributed by atoms with Gasteiger partial charge in [0.15, 0.2) is 6.29 Å². The van der Waals surface area contributed by atoms with Crippen LogP contribution in [0.1, 0.15) is 64.7 Å². The van der Waals surface area contributed by atoms with Crippen molar-refractivity contribution in [3.05, 3.63) is 0 Å². The second kappa shape index (κ2) is 40.9. The molecule has 13 heteroatoms. The fraction of sp³-hybridized carbons (Fsp3) is 1.00. The maximum atomic E-state index is 5.61. The predicted molar refractivity (Wildman–Crippen MR) is 182 cm³/mol. The molecule has 0 radical (unpaired) electrons. The van der Waals surface area contributed by atoms with Gasteiger partial charge in [0, 0.05) is 13.2 Å². The molecule has 13 nitrogen and oxygen atoms in total. The average Bonchev–Trinajstić information content (AvgIpc) is 3.11. The molecule has 0 aromatic carbocycles. The lowest BCUT2D eigenvalue weighted by Gasteiger charge is -2.22. The van der Waals surface area contributed by atoms with Crippen LogP contribution in [-0.2, 0) is 61.6 Å². The molecule has 0 saturated carbocycles. The van der Waals surface area contributed by atoms with Gasteiger partial charge in [0.25, 0.3) is 0 Å². The SMILES string of the molecule is CCCCCCCCOCCOCCOCCOCCOCCOCCOCCOCCOCCOCCOCCOC1CCCCO1. The molecule has 1 aliphatic heterocycles. The van der Waals surface area contributed by atoms with Crippen molar-refractivity contribution >= 4 is 0 Å². The summed E-state index contributed by atoms with van der Waals surface area (Å²) in [5.41, 5.74) is 0. The first-order chi connectivity index (χ1) is 23.9. The summed E-state index contributed by atoms with van der Waals surface area (Å²) < 4.78 is 71.7. The summed E-state index contributed by atoms with van der Waals surface area (Å²) in [5, 5.41) is 0. The minimum atomic E-state index is -0.0640. The highest BCUT2D eigenvalue weighted by atomic mass is 16.7. The second-order valence-electron chi connectivity index (χ2n) is 11.2. The number of unbranched alkanes of at least 4 members (excludes halogenated alkanes) is 5. The number of hydrogen-bond donors (Lipinski definition) is 0. The summed E-state index contributed by atoms with van der Waals surface area (Å²) in [5.74, 6) is 0. The molecule has 0 bridgehead atoms. The van der Waals surface area contributed by atoms with E-state index in [1.54, 1.807) is 0 Å². The monoisotopic (exact) mass is 698 g/mol. The van der Waals surface area contributed by atoms with E-state index in [9.17, 15) is 0 Å². The van der Waals surface area contributed by atoms with E-state index in [2.05, 4.69) is 6.92 Å². The van der Waals surface area contributed by atoms with Gasteiger partial charge in [0.1, 0.15) is 0 Å². The molecule has 1 unspecified atom stereocenters. The molecule has 1 heterocycles.